The van der Waals surface area contributed by atoms with Gasteiger partial charge in [-0.1, -0.05) is 30.2 Å². The number of carbonyl (C=O) groups is 1. The molecule has 0 radical (unpaired) electrons. The highest BCUT2D eigenvalue weighted by Crippen LogP contribution is 2.36. The monoisotopic (exact) mass is 320 g/mol. The van der Waals surface area contributed by atoms with Crippen molar-refractivity contribution in [1.29, 1.82) is 0 Å². The maximum absolute atomic E-state index is 12.6. The van der Waals surface area contributed by atoms with Gasteiger partial charge < -0.3 is 11.1 Å². The van der Waals surface area contributed by atoms with E-state index in [1.165, 1.54) is 17.7 Å². The Hall–Kier alpha value is -1.52. The first-order chi connectivity index (χ1) is 10.2. The Kier molecular flexibility index (Phi) is 4.17. The van der Waals surface area contributed by atoms with Crippen molar-refractivity contribution < 1.29 is 4.79 Å². The Bertz CT molecular complexity index is 681. The van der Waals surface area contributed by atoms with Crippen LogP contribution in [0.1, 0.15) is 40.1 Å². The van der Waals surface area contributed by atoms with Gasteiger partial charge in [0.05, 0.1) is 21.3 Å². The number of hydrogen-bond donors (Lipinski definition) is 2. The topological polar surface area (TPSA) is 55.1 Å². The highest BCUT2D eigenvalue weighted by atomic mass is 35.5. The molecule has 1 aliphatic carbocycles. The SMILES string of the molecule is Nc1sc2c(c1C(=O)Nc1ccccc1Cl)CCCCC2. The Morgan fingerprint density at radius 1 is 1.19 bits per heavy atom. The van der Waals surface area contributed by atoms with Crippen molar-refractivity contribution in [2.75, 3.05) is 11.1 Å². The first-order valence-electron chi connectivity index (χ1n) is 7.12. The minimum Gasteiger partial charge on any atom is -0.390 e. The summed E-state index contributed by atoms with van der Waals surface area (Å²) >= 11 is 7.65. The predicted molar refractivity (Wildman–Crippen MR) is 89.4 cm³/mol. The third-order valence-electron chi connectivity index (χ3n) is 3.80. The van der Waals surface area contributed by atoms with E-state index in [1.54, 1.807) is 23.5 Å². The van der Waals surface area contributed by atoms with Crippen molar-refractivity contribution in [3.05, 3.63) is 45.3 Å². The highest BCUT2D eigenvalue weighted by molar-refractivity contribution is 7.16. The number of para-hydroxylation sites is 1. The summed E-state index contributed by atoms with van der Waals surface area (Å²) in [4.78, 5) is 13.9. The van der Waals surface area contributed by atoms with Gasteiger partial charge in [-0.15, -0.1) is 11.3 Å². The fourth-order valence-electron chi connectivity index (χ4n) is 2.76. The minimum atomic E-state index is -0.153. The zero-order valence-electron chi connectivity index (χ0n) is 11.6. The fraction of sp³-hybridized carbons (Fsp3) is 0.312. The van der Waals surface area contributed by atoms with Crippen LogP contribution in [0.25, 0.3) is 0 Å². The maximum Gasteiger partial charge on any atom is 0.258 e. The summed E-state index contributed by atoms with van der Waals surface area (Å²) in [5.74, 6) is -0.153. The molecule has 110 valence electrons. The van der Waals surface area contributed by atoms with Crippen LogP contribution in [0.3, 0.4) is 0 Å². The van der Waals surface area contributed by atoms with Crippen molar-refractivity contribution in [1.82, 2.24) is 0 Å². The summed E-state index contributed by atoms with van der Waals surface area (Å²) < 4.78 is 0. The molecule has 0 atom stereocenters. The van der Waals surface area contributed by atoms with Gasteiger partial charge in [-0.05, 0) is 43.4 Å². The number of benzene rings is 1. The second kappa shape index (κ2) is 6.08. The van der Waals surface area contributed by atoms with Crippen LogP contribution in [-0.2, 0) is 12.8 Å². The summed E-state index contributed by atoms with van der Waals surface area (Å²) in [5, 5.41) is 4.03. The molecule has 0 spiro atoms. The number of rotatable bonds is 2. The van der Waals surface area contributed by atoms with E-state index in [-0.39, 0.29) is 5.91 Å². The molecule has 3 rings (SSSR count). The number of hydrogen-bond acceptors (Lipinski definition) is 3. The third kappa shape index (κ3) is 2.92. The average molecular weight is 321 g/mol. The van der Waals surface area contributed by atoms with Crippen LogP contribution < -0.4 is 11.1 Å². The molecule has 0 unspecified atom stereocenters. The molecule has 1 heterocycles. The number of thiophene rings is 1. The zero-order chi connectivity index (χ0) is 14.8. The van der Waals surface area contributed by atoms with Crippen LogP contribution in [0, 0.1) is 0 Å². The second-order valence-electron chi connectivity index (χ2n) is 5.24. The number of aryl methyl sites for hydroxylation is 1. The first-order valence-corrected chi connectivity index (χ1v) is 8.32. The summed E-state index contributed by atoms with van der Waals surface area (Å²) in [6, 6.07) is 7.23. The predicted octanol–water partition coefficient (Wildman–Crippen LogP) is 4.50. The smallest absolute Gasteiger partial charge is 0.258 e. The molecule has 1 aromatic heterocycles. The zero-order valence-corrected chi connectivity index (χ0v) is 13.2. The van der Waals surface area contributed by atoms with Gasteiger partial charge in [0.1, 0.15) is 0 Å². The number of carbonyl (C=O) groups excluding carboxylic acids is 1. The van der Waals surface area contributed by atoms with Crippen LogP contribution in [-0.4, -0.2) is 5.91 Å². The lowest BCUT2D eigenvalue weighted by atomic mass is 10.0. The van der Waals surface area contributed by atoms with E-state index >= 15 is 0 Å². The van der Waals surface area contributed by atoms with Gasteiger partial charge in [0.25, 0.3) is 5.91 Å². The van der Waals surface area contributed by atoms with Crippen molar-refractivity contribution in [3.63, 3.8) is 0 Å². The number of nitrogens with one attached hydrogen (secondary N) is 1. The van der Waals surface area contributed by atoms with E-state index in [2.05, 4.69) is 5.32 Å². The molecular weight excluding hydrogens is 304 g/mol. The normalized spacial score (nSPS) is 14.3. The molecule has 0 saturated heterocycles. The number of amides is 1. The Morgan fingerprint density at radius 2 is 1.95 bits per heavy atom. The second-order valence-corrected chi connectivity index (χ2v) is 6.78. The van der Waals surface area contributed by atoms with E-state index in [1.807, 2.05) is 12.1 Å². The van der Waals surface area contributed by atoms with Crippen LogP contribution in [0.2, 0.25) is 5.02 Å². The van der Waals surface area contributed by atoms with E-state index in [0.717, 1.165) is 24.8 Å². The number of anilines is 2. The molecule has 1 aromatic carbocycles. The minimum absolute atomic E-state index is 0.153. The molecule has 1 amide bonds. The number of nitrogens with two attached hydrogens (primary N) is 1. The van der Waals surface area contributed by atoms with Crippen molar-refractivity contribution in [2.24, 2.45) is 0 Å². The van der Waals surface area contributed by atoms with E-state index in [9.17, 15) is 4.79 Å². The van der Waals surface area contributed by atoms with E-state index in [4.69, 9.17) is 17.3 Å². The summed E-state index contributed by atoms with van der Waals surface area (Å²) in [6.07, 6.45) is 5.48. The maximum atomic E-state index is 12.6. The van der Waals surface area contributed by atoms with Gasteiger partial charge in [0.15, 0.2) is 0 Å². The standard InChI is InChI=1S/C16H17ClN2OS/c17-11-7-4-5-8-12(11)19-16(20)14-10-6-2-1-3-9-13(10)21-15(14)18/h4-5,7-8H,1-3,6,9,18H2,(H,19,20). The summed E-state index contributed by atoms with van der Waals surface area (Å²) in [5.41, 5.74) is 8.50. The quantitative estimate of drug-likeness (QED) is 0.800. The lowest BCUT2D eigenvalue weighted by Gasteiger charge is -2.09. The van der Waals surface area contributed by atoms with Gasteiger partial charge >= 0.3 is 0 Å². The van der Waals surface area contributed by atoms with E-state index < -0.39 is 0 Å². The number of nitrogen functional groups attached to an aromatic ring is 1. The van der Waals surface area contributed by atoms with Crippen LogP contribution in [0.4, 0.5) is 10.7 Å². The van der Waals surface area contributed by atoms with Gasteiger partial charge in [-0.25, -0.2) is 0 Å². The summed E-state index contributed by atoms with van der Waals surface area (Å²) in [6.45, 7) is 0. The Morgan fingerprint density at radius 3 is 2.76 bits per heavy atom. The van der Waals surface area contributed by atoms with Gasteiger partial charge in [-0.2, -0.15) is 0 Å². The van der Waals surface area contributed by atoms with Crippen LogP contribution >= 0.6 is 22.9 Å². The van der Waals surface area contributed by atoms with E-state index in [0.29, 0.717) is 21.3 Å². The van der Waals surface area contributed by atoms with Gasteiger partial charge in [0, 0.05) is 4.88 Å². The number of fused-ring (bicyclic) bond motifs is 1. The average Bonchev–Trinajstić information content (AvgIpc) is 2.62. The fourth-order valence-corrected chi connectivity index (χ4v) is 4.10. The molecule has 0 fully saturated rings. The van der Waals surface area contributed by atoms with Crippen molar-refractivity contribution in [3.8, 4) is 0 Å². The van der Waals surface area contributed by atoms with Crippen molar-refractivity contribution in [2.45, 2.75) is 32.1 Å². The van der Waals surface area contributed by atoms with Gasteiger partial charge in [-0.3, -0.25) is 4.79 Å². The third-order valence-corrected chi connectivity index (χ3v) is 5.25. The molecule has 0 aliphatic heterocycles. The van der Waals surface area contributed by atoms with Crippen LogP contribution in [0.5, 0.6) is 0 Å². The molecule has 2 aromatic rings. The number of halogens is 1. The highest BCUT2D eigenvalue weighted by Gasteiger charge is 2.23. The molecule has 0 saturated carbocycles. The summed E-state index contributed by atoms with van der Waals surface area (Å²) in [7, 11) is 0. The largest absolute Gasteiger partial charge is 0.390 e. The van der Waals surface area contributed by atoms with Crippen molar-refractivity contribution >= 4 is 39.5 Å². The van der Waals surface area contributed by atoms with Gasteiger partial charge in [0.2, 0.25) is 0 Å². The molecule has 21 heavy (non-hydrogen) atoms. The van der Waals surface area contributed by atoms with Crippen LogP contribution in [0.15, 0.2) is 24.3 Å². The molecule has 3 N–H and O–H groups in total. The molecular formula is C16H17ClN2OS. The molecule has 5 heteroatoms. The molecule has 3 nitrogen and oxygen atoms in total. The Labute approximate surface area is 133 Å². The lowest BCUT2D eigenvalue weighted by Crippen LogP contribution is -2.15. The molecule has 0 bridgehead atoms. The molecule has 1 aliphatic rings. The Balaban J connectivity index is 1.91. The lowest BCUT2D eigenvalue weighted by molar-refractivity contribution is 0.102. The first kappa shape index (κ1) is 14.4.